The zero-order valence-corrected chi connectivity index (χ0v) is 15.8. The van der Waals surface area contributed by atoms with E-state index in [9.17, 15) is 29.3 Å². The van der Waals surface area contributed by atoms with Gasteiger partial charge in [0.2, 0.25) is 17.6 Å². The van der Waals surface area contributed by atoms with Crippen LogP contribution in [0, 0.1) is 40.7 Å². The maximum absolute atomic E-state index is 12.6. The van der Waals surface area contributed by atoms with E-state index in [2.05, 4.69) is 0 Å². The van der Waals surface area contributed by atoms with Gasteiger partial charge in [-0.2, -0.15) is 0 Å². The van der Waals surface area contributed by atoms with Gasteiger partial charge in [-0.05, 0) is 38.0 Å². The lowest BCUT2D eigenvalue weighted by molar-refractivity contribution is -0.385. The van der Waals surface area contributed by atoms with Crippen molar-refractivity contribution in [1.29, 1.82) is 0 Å². The number of Topliss-reactive ketones (excluding diaryl/α,β-unsaturated/α-hetero) is 1. The highest BCUT2D eigenvalue weighted by Crippen LogP contribution is 2.56. The first-order chi connectivity index (χ1) is 13.8. The van der Waals surface area contributed by atoms with Gasteiger partial charge in [0.1, 0.15) is 6.54 Å². The molecule has 2 amide bonds. The predicted octanol–water partition coefficient (Wildman–Crippen LogP) is 1.66. The number of nitro benzene ring substituents is 1. The van der Waals surface area contributed by atoms with Gasteiger partial charge in [0.15, 0.2) is 6.61 Å². The molecule has 0 N–H and O–H groups in total. The molecule has 2 saturated carbocycles. The average Bonchev–Trinajstić information content (AvgIpc) is 3.36. The molecule has 2 aliphatic carbocycles. The number of ketones is 1. The number of carbonyl (C=O) groups is 4. The second-order valence-corrected chi connectivity index (χ2v) is 7.99. The van der Waals surface area contributed by atoms with Gasteiger partial charge in [-0.1, -0.05) is 12.1 Å². The van der Waals surface area contributed by atoms with Gasteiger partial charge in [0.25, 0.3) is 5.69 Å². The molecule has 9 nitrogen and oxygen atoms in total. The van der Waals surface area contributed by atoms with Crippen molar-refractivity contribution in [2.45, 2.75) is 26.2 Å². The molecule has 2 bridgehead atoms. The van der Waals surface area contributed by atoms with Crippen molar-refractivity contribution in [2.75, 3.05) is 13.2 Å². The van der Waals surface area contributed by atoms with Crippen molar-refractivity contribution >= 4 is 29.3 Å². The summed E-state index contributed by atoms with van der Waals surface area (Å²) in [5.74, 6) is -2.27. The number of aryl methyl sites for hydroxylation is 1. The molecule has 29 heavy (non-hydrogen) atoms. The maximum atomic E-state index is 12.6. The van der Waals surface area contributed by atoms with Gasteiger partial charge in [-0.3, -0.25) is 34.2 Å². The highest BCUT2D eigenvalue weighted by atomic mass is 16.6. The topological polar surface area (TPSA) is 124 Å². The third-order valence-electron chi connectivity index (χ3n) is 6.40. The summed E-state index contributed by atoms with van der Waals surface area (Å²) in [5.41, 5.74) is 0.264. The second kappa shape index (κ2) is 7.06. The van der Waals surface area contributed by atoms with Crippen LogP contribution in [0.1, 0.15) is 35.2 Å². The van der Waals surface area contributed by atoms with Crippen molar-refractivity contribution in [3.05, 3.63) is 39.4 Å². The van der Waals surface area contributed by atoms with Crippen LogP contribution < -0.4 is 0 Å². The van der Waals surface area contributed by atoms with E-state index in [4.69, 9.17) is 4.74 Å². The standard InChI is InChI=1S/C20H20N2O7/c1-10-2-3-11(7-14(10)22(27)28)15(23)9-29-16(24)8-21-19(25)17-12-4-5-13(6-12)18(17)20(21)26/h2-3,7,12-13,17-18H,4-6,8-9H2,1H3/t12-,13-,17-,18-/m0/s1. The van der Waals surface area contributed by atoms with Gasteiger partial charge in [0, 0.05) is 17.2 Å². The van der Waals surface area contributed by atoms with Crippen LogP contribution in [0.2, 0.25) is 0 Å². The number of nitrogens with zero attached hydrogens (tertiary/aromatic N) is 2. The first-order valence-electron chi connectivity index (χ1n) is 9.57. The van der Waals surface area contributed by atoms with Crippen molar-refractivity contribution in [3.8, 4) is 0 Å². The Morgan fingerprint density at radius 1 is 1.17 bits per heavy atom. The normalized spacial score (nSPS) is 27.3. The Bertz CT molecular complexity index is 913. The van der Waals surface area contributed by atoms with Crippen LogP contribution in [0.15, 0.2) is 18.2 Å². The lowest BCUT2D eigenvalue weighted by atomic mass is 9.81. The Kier molecular flexibility index (Phi) is 4.68. The van der Waals surface area contributed by atoms with Crippen LogP contribution in [0.5, 0.6) is 0 Å². The molecule has 0 aromatic heterocycles. The minimum atomic E-state index is -0.853. The summed E-state index contributed by atoms with van der Waals surface area (Å²) in [6.07, 6.45) is 2.79. The molecule has 1 aromatic carbocycles. The Morgan fingerprint density at radius 3 is 2.38 bits per heavy atom. The summed E-state index contributed by atoms with van der Waals surface area (Å²) in [6.45, 7) is 0.427. The molecular weight excluding hydrogens is 380 g/mol. The molecule has 0 spiro atoms. The van der Waals surface area contributed by atoms with E-state index in [1.54, 1.807) is 6.92 Å². The van der Waals surface area contributed by atoms with Crippen LogP contribution >= 0.6 is 0 Å². The Labute approximate surface area is 166 Å². The molecule has 1 aromatic rings. The number of likely N-dealkylation sites (tertiary alicyclic amines) is 1. The summed E-state index contributed by atoms with van der Waals surface area (Å²) >= 11 is 0. The van der Waals surface area contributed by atoms with E-state index in [0.717, 1.165) is 30.2 Å². The molecule has 3 fully saturated rings. The lowest BCUT2D eigenvalue weighted by Gasteiger charge is -2.19. The highest BCUT2D eigenvalue weighted by molar-refractivity contribution is 6.08. The summed E-state index contributed by atoms with van der Waals surface area (Å²) < 4.78 is 4.93. The molecular formula is C20H20N2O7. The summed E-state index contributed by atoms with van der Waals surface area (Å²) in [5, 5.41) is 11.0. The zero-order valence-electron chi connectivity index (χ0n) is 15.8. The van der Waals surface area contributed by atoms with Crippen LogP contribution in [0.4, 0.5) is 5.69 Å². The van der Waals surface area contributed by atoms with Gasteiger partial charge >= 0.3 is 5.97 Å². The van der Waals surface area contributed by atoms with Gasteiger partial charge in [0.05, 0.1) is 16.8 Å². The monoisotopic (exact) mass is 400 g/mol. The van der Waals surface area contributed by atoms with Gasteiger partial charge in [-0.15, -0.1) is 0 Å². The van der Waals surface area contributed by atoms with E-state index < -0.39 is 29.8 Å². The third-order valence-corrected chi connectivity index (χ3v) is 6.40. The van der Waals surface area contributed by atoms with Crippen molar-refractivity contribution < 1.29 is 28.8 Å². The number of imide groups is 1. The second-order valence-electron chi connectivity index (χ2n) is 7.99. The average molecular weight is 400 g/mol. The largest absolute Gasteiger partial charge is 0.456 e. The van der Waals surface area contributed by atoms with Crippen LogP contribution in [-0.4, -0.2) is 46.5 Å². The van der Waals surface area contributed by atoms with Crippen LogP contribution in [0.25, 0.3) is 0 Å². The molecule has 1 aliphatic heterocycles. The number of amides is 2. The quantitative estimate of drug-likeness (QED) is 0.234. The minimum absolute atomic E-state index is 0.0505. The molecule has 0 radical (unpaired) electrons. The fourth-order valence-electron chi connectivity index (χ4n) is 5.01. The number of hydrogen-bond donors (Lipinski definition) is 0. The predicted molar refractivity (Wildman–Crippen MR) is 97.7 cm³/mol. The van der Waals surface area contributed by atoms with Crippen molar-refractivity contribution in [1.82, 2.24) is 4.90 Å². The number of nitro groups is 1. The Morgan fingerprint density at radius 2 is 1.79 bits per heavy atom. The van der Waals surface area contributed by atoms with Gasteiger partial charge < -0.3 is 4.74 Å². The molecule has 4 atom stereocenters. The Balaban J connectivity index is 1.35. The molecule has 0 unspecified atom stereocenters. The zero-order chi connectivity index (χ0) is 20.9. The van der Waals surface area contributed by atoms with E-state index in [1.807, 2.05) is 0 Å². The van der Waals surface area contributed by atoms with E-state index in [-0.39, 0.29) is 46.7 Å². The molecule has 1 heterocycles. The number of rotatable bonds is 6. The first kappa shape index (κ1) is 19.2. The fourth-order valence-corrected chi connectivity index (χ4v) is 5.01. The molecule has 3 aliphatic rings. The molecule has 152 valence electrons. The van der Waals surface area contributed by atoms with E-state index in [0.29, 0.717) is 5.56 Å². The van der Waals surface area contributed by atoms with Crippen LogP contribution in [0.3, 0.4) is 0 Å². The Hall–Kier alpha value is -3.10. The van der Waals surface area contributed by atoms with Crippen molar-refractivity contribution in [2.24, 2.45) is 23.7 Å². The summed E-state index contributed by atoms with van der Waals surface area (Å²) in [4.78, 5) is 60.9. The smallest absolute Gasteiger partial charge is 0.326 e. The lowest BCUT2D eigenvalue weighted by Crippen LogP contribution is -2.38. The highest BCUT2D eigenvalue weighted by Gasteiger charge is 2.61. The number of carbonyl (C=O) groups excluding carboxylic acids is 4. The molecule has 1 saturated heterocycles. The number of ether oxygens (including phenoxy) is 1. The number of fused-ring (bicyclic) bond motifs is 5. The fraction of sp³-hybridized carbons (Fsp3) is 0.500. The van der Waals surface area contributed by atoms with E-state index in [1.165, 1.54) is 12.1 Å². The van der Waals surface area contributed by atoms with E-state index >= 15 is 0 Å². The minimum Gasteiger partial charge on any atom is -0.456 e. The molecule has 9 heteroatoms. The SMILES string of the molecule is Cc1ccc(C(=O)COC(=O)CN2C(=O)[C@H]3[C@H]4CC[C@@H](C4)[C@@H]3C2=O)cc1[N+](=O)[O-]. The number of hydrogen-bond acceptors (Lipinski definition) is 7. The summed E-state index contributed by atoms with van der Waals surface area (Å²) in [7, 11) is 0. The first-order valence-corrected chi connectivity index (χ1v) is 9.57. The third kappa shape index (κ3) is 3.20. The summed E-state index contributed by atoms with van der Waals surface area (Å²) in [6, 6.07) is 4.00. The number of benzene rings is 1. The van der Waals surface area contributed by atoms with Gasteiger partial charge in [-0.25, -0.2) is 0 Å². The number of esters is 1. The van der Waals surface area contributed by atoms with Crippen LogP contribution in [-0.2, 0) is 19.1 Å². The maximum Gasteiger partial charge on any atom is 0.326 e. The van der Waals surface area contributed by atoms with Crippen molar-refractivity contribution in [3.63, 3.8) is 0 Å². The molecule has 4 rings (SSSR count).